The molecule has 2 nitrogen and oxygen atoms in total. The van der Waals surface area contributed by atoms with Gasteiger partial charge in [-0.05, 0) is 50.4 Å². The fourth-order valence-electron chi connectivity index (χ4n) is 2.95. The minimum absolute atomic E-state index is 0.243. The van der Waals surface area contributed by atoms with Gasteiger partial charge >= 0.3 is 0 Å². The monoisotopic (exact) mass is 232 g/mol. The molecule has 2 unspecified atom stereocenters. The highest BCUT2D eigenvalue weighted by Gasteiger charge is 2.26. The lowest BCUT2D eigenvalue weighted by Crippen LogP contribution is -2.25. The first-order chi connectivity index (χ1) is 8.22. The number of likely N-dealkylation sites (tertiary alicyclic amines) is 1. The molecule has 1 aromatic rings. The molecule has 0 aliphatic carbocycles. The van der Waals surface area contributed by atoms with Crippen LogP contribution in [0.5, 0.6) is 0 Å². The van der Waals surface area contributed by atoms with E-state index in [1.807, 2.05) is 0 Å². The fraction of sp³-hybridized carbons (Fsp3) is 0.600. The summed E-state index contributed by atoms with van der Waals surface area (Å²) < 4.78 is 0. The Labute approximate surface area is 105 Å². The summed E-state index contributed by atoms with van der Waals surface area (Å²) >= 11 is 0. The molecule has 1 aromatic carbocycles. The number of nitrogens with zero attached hydrogens (tertiary/aromatic N) is 1. The molecule has 0 bridgehead atoms. The summed E-state index contributed by atoms with van der Waals surface area (Å²) in [5.74, 6) is 0. The van der Waals surface area contributed by atoms with Gasteiger partial charge in [0.25, 0.3) is 0 Å². The third-order valence-electron chi connectivity index (χ3n) is 3.73. The molecule has 94 valence electrons. The molecule has 1 aliphatic heterocycles. The molecule has 17 heavy (non-hydrogen) atoms. The normalized spacial score (nSPS) is 22.9. The average Bonchev–Trinajstić information content (AvgIpc) is 2.77. The van der Waals surface area contributed by atoms with Gasteiger partial charge in [0.2, 0.25) is 0 Å². The highest BCUT2D eigenvalue weighted by molar-refractivity contribution is 5.31. The summed E-state index contributed by atoms with van der Waals surface area (Å²) in [5.41, 5.74) is 8.89. The van der Waals surface area contributed by atoms with E-state index in [1.165, 1.54) is 30.5 Å². The van der Waals surface area contributed by atoms with Crippen LogP contribution in [0.4, 0.5) is 0 Å². The first-order valence-electron chi connectivity index (χ1n) is 6.79. The summed E-state index contributed by atoms with van der Waals surface area (Å²) in [6.07, 6.45) is 3.61. The van der Waals surface area contributed by atoms with Crippen molar-refractivity contribution in [2.45, 2.75) is 45.2 Å². The Morgan fingerprint density at radius 1 is 1.41 bits per heavy atom. The zero-order chi connectivity index (χ0) is 12.3. The maximum atomic E-state index is 5.95. The Balaban J connectivity index is 2.24. The van der Waals surface area contributed by atoms with E-state index in [0.717, 1.165) is 13.0 Å². The van der Waals surface area contributed by atoms with E-state index < -0.39 is 0 Å². The SMILES string of the molecule is CCN1CCCC1c1ccccc1CC(C)N. The highest BCUT2D eigenvalue weighted by atomic mass is 15.2. The van der Waals surface area contributed by atoms with Crippen LogP contribution in [-0.2, 0) is 6.42 Å². The van der Waals surface area contributed by atoms with E-state index in [-0.39, 0.29) is 6.04 Å². The first kappa shape index (κ1) is 12.6. The molecule has 1 saturated heterocycles. The number of hydrogen-bond acceptors (Lipinski definition) is 2. The number of benzene rings is 1. The summed E-state index contributed by atoms with van der Waals surface area (Å²) in [4.78, 5) is 2.58. The number of hydrogen-bond donors (Lipinski definition) is 1. The third-order valence-corrected chi connectivity index (χ3v) is 3.73. The smallest absolute Gasteiger partial charge is 0.0351 e. The maximum Gasteiger partial charge on any atom is 0.0351 e. The van der Waals surface area contributed by atoms with Crippen LogP contribution in [0, 0.1) is 0 Å². The van der Waals surface area contributed by atoms with Gasteiger partial charge in [-0.1, -0.05) is 31.2 Å². The van der Waals surface area contributed by atoms with Crippen LogP contribution in [-0.4, -0.2) is 24.0 Å². The summed E-state index contributed by atoms with van der Waals surface area (Å²) in [6, 6.07) is 9.68. The zero-order valence-electron chi connectivity index (χ0n) is 11.0. The zero-order valence-corrected chi connectivity index (χ0v) is 11.0. The van der Waals surface area contributed by atoms with Crippen molar-refractivity contribution in [1.29, 1.82) is 0 Å². The molecule has 0 aromatic heterocycles. The van der Waals surface area contributed by atoms with Gasteiger partial charge in [-0.15, -0.1) is 0 Å². The van der Waals surface area contributed by atoms with Crippen molar-refractivity contribution in [2.24, 2.45) is 5.73 Å². The van der Waals surface area contributed by atoms with E-state index in [9.17, 15) is 0 Å². The van der Waals surface area contributed by atoms with Crippen LogP contribution < -0.4 is 5.73 Å². The lowest BCUT2D eigenvalue weighted by atomic mass is 9.94. The molecule has 1 heterocycles. The van der Waals surface area contributed by atoms with Crippen molar-refractivity contribution in [1.82, 2.24) is 4.90 Å². The van der Waals surface area contributed by atoms with Gasteiger partial charge < -0.3 is 5.73 Å². The predicted molar refractivity (Wildman–Crippen MR) is 73.0 cm³/mol. The van der Waals surface area contributed by atoms with Gasteiger partial charge in [0, 0.05) is 12.1 Å². The van der Waals surface area contributed by atoms with Crippen molar-refractivity contribution in [3.05, 3.63) is 35.4 Å². The minimum atomic E-state index is 0.243. The van der Waals surface area contributed by atoms with Crippen molar-refractivity contribution in [2.75, 3.05) is 13.1 Å². The standard InChI is InChI=1S/C15H24N2/c1-3-17-10-6-9-15(17)14-8-5-4-7-13(14)11-12(2)16/h4-5,7-8,12,15H,3,6,9-11,16H2,1-2H3. The molecule has 2 rings (SSSR count). The molecule has 1 aliphatic rings. The van der Waals surface area contributed by atoms with Crippen LogP contribution in [0.25, 0.3) is 0 Å². The first-order valence-corrected chi connectivity index (χ1v) is 6.79. The van der Waals surface area contributed by atoms with Crippen LogP contribution >= 0.6 is 0 Å². The van der Waals surface area contributed by atoms with Crippen molar-refractivity contribution in [3.8, 4) is 0 Å². The molecule has 2 N–H and O–H groups in total. The lowest BCUT2D eigenvalue weighted by Gasteiger charge is -2.25. The van der Waals surface area contributed by atoms with Crippen LogP contribution in [0.1, 0.15) is 43.9 Å². The molecule has 0 spiro atoms. The third kappa shape index (κ3) is 2.88. The molecular formula is C15H24N2. The lowest BCUT2D eigenvalue weighted by molar-refractivity contribution is 0.270. The predicted octanol–water partition coefficient (Wildman–Crippen LogP) is 2.73. The molecule has 2 atom stereocenters. The molecular weight excluding hydrogens is 208 g/mol. The van der Waals surface area contributed by atoms with Gasteiger partial charge in [0.1, 0.15) is 0 Å². The van der Waals surface area contributed by atoms with Crippen LogP contribution in [0.2, 0.25) is 0 Å². The van der Waals surface area contributed by atoms with E-state index in [4.69, 9.17) is 5.73 Å². The Morgan fingerprint density at radius 2 is 2.18 bits per heavy atom. The van der Waals surface area contributed by atoms with Gasteiger partial charge in [0.15, 0.2) is 0 Å². The molecule has 1 fully saturated rings. The Kier molecular flexibility index (Phi) is 4.19. The molecule has 2 heteroatoms. The Hall–Kier alpha value is -0.860. The number of rotatable bonds is 4. The second-order valence-corrected chi connectivity index (χ2v) is 5.17. The Morgan fingerprint density at radius 3 is 2.88 bits per heavy atom. The topological polar surface area (TPSA) is 29.3 Å². The second kappa shape index (κ2) is 5.65. The summed E-state index contributed by atoms with van der Waals surface area (Å²) in [7, 11) is 0. The van der Waals surface area contributed by atoms with E-state index in [1.54, 1.807) is 0 Å². The minimum Gasteiger partial charge on any atom is -0.328 e. The summed E-state index contributed by atoms with van der Waals surface area (Å²) in [6.45, 7) is 6.74. The van der Waals surface area contributed by atoms with Crippen LogP contribution in [0.15, 0.2) is 24.3 Å². The highest BCUT2D eigenvalue weighted by Crippen LogP contribution is 2.33. The van der Waals surface area contributed by atoms with Gasteiger partial charge in [-0.2, -0.15) is 0 Å². The fourth-order valence-corrected chi connectivity index (χ4v) is 2.95. The van der Waals surface area contributed by atoms with Gasteiger partial charge in [-0.3, -0.25) is 4.90 Å². The molecule has 0 radical (unpaired) electrons. The average molecular weight is 232 g/mol. The molecule has 0 amide bonds. The largest absolute Gasteiger partial charge is 0.328 e. The van der Waals surface area contributed by atoms with Crippen molar-refractivity contribution < 1.29 is 0 Å². The molecule has 0 saturated carbocycles. The van der Waals surface area contributed by atoms with Crippen LogP contribution in [0.3, 0.4) is 0 Å². The maximum absolute atomic E-state index is 5.95. The van der Waals surface area contributed by atoms with E-state index >= 15 is 0 Å². The summed E-state index contributed by atoms with van der Waals surface area (Å²) in [5, 5.41) is 0. The van der Waals surface area contributed by atoms with Gasteiger partial charge in [-0.25, -0.2) is 0 Å². The van der Waals surface area contributed by atoms with E-state index in [2.05, 4.69) is 43.0 Å². The number of nitrogens with two attached hydrogens (primary N) is 1. The second-order valence-electron chi connectivity index (χ2n) is 5.17. The Bertz CT molecular complexity index is 360. The van der Waals surface area contributed by atoms with Gasteiger partial charge in [0.05, 0.1) is 0 Å². The van der Waals surface area contributed by atoms with E-state index in [0.29, 0.717) is 6.04 Å². The van der Waals surface area contributed by atoms with Crippen molar-refractivity contribution >= 4 is 0 Å². The quantitative estimate of drug-likeness (QED) is 0.865. The van der Waals surface area contributed by atoms with Crippen molar-refractivity contribution in [3.63, 3.8) is 0 Å².